The molecule has 0 unspecified atom stereocenters. The Balaban J connectivity index is 2.09. The summed E-state index contributed by atoms with van der Waals surface area (Å²) in [6.07, 6.45) is 1.88. The average Bonchev–Trinajstić information content (AvgIpc) is 3.08. The first kappa shape index (κ1) is 13.5. The van der Waals surface area contributed by atoms with Crippen molar-refractivity contribution in [2.45, 2.75) is 25.0 Å². The summed E-state index contributed by atoms with van der Waals surface area (Å²) in [5.41, 5.74) is 0.519. The van der Waals surface area contributed by atoms with Gasteiger partial charge in [0.15, 0.2) is 0 Å². The van der Waals surface area contributed by atoms with Crippen LogP contribution in [0.2, 0.25) is 0 Å². The Morgan fingerprint density at radius 2 is 1.94 bits per heavy atom. The maximum Gasteiger partial charge on any atom is 0.211 e. The molecule has 18 heavy (non-hydrogen) atoms. The predicted molar refractivity (Wildman–Crippen MR) is 65.9 cm³/mol. The van der Waals surface area contributed by atoms with Crippen LogP contribution in [-0.4, -0.2) is 36.7 Å². The van der Waals surface area contributed by atoms with Crippen LogP contribution in [0.25, 0.3) is 0 Å². The molecule has 1 fully saturated rings. The molecule has 0 heterocycles. The van der Waals surface area contributed by atoms with E-state index in [2.05, 4.69) is 0 Å². The van der Waals surface area contributed by atoms with Crippen LogP contribution in [0.5, 0.6) is 0 Å². The van der Waals surface area contributed by atoms with Crippen LogP contribution in [0.4, 0.5) is 4.39 Å². The van der Waals surface area contributed by atoms with Crippen molar-refractivity contribution in [2.24, 2.45) is 0 Å². The zero-order valence-corrected chi connectivity index (χ0v) is 10.9. The second-order valence-corrected chi connectivity index (χ2v) is 6.57. The van der Waals surface area contributed by atoms with Crippen molar-refractivity contribution in [1.82, 2.24) is 4.31 Å². The maximum absolute atomic E-state index is 12.8. The van der Waals surface area contributed by atoms with Gasteiger partial charge >= 0.3 is 0 Å². The summed E-state index contributed by atoms with van der Waals surface area (Å²) in [4.78, 5) is 0. The van der Waals surface area contributed by atoms with Gasteiger partial charge in [-0.25, -0.2) is 12.8 Å². The van der Waals surface area contributed by atoms with E-state index in [1.807, 2.05) is 0 Å². The predicted octanol–water partition coefficient (Wildman–Crippen LogP) is 1.28. The number of sulfonamides is 1. The van der Waals surface area contributed by atoms with E-state index >= 15 is 0 Å². The summed E-state index contributed by atoms with van der Waals surface area (Å²) in [6.45, 7) is 0.0229. The maximum atomic E-state index is 12.8. The van der Waals surface area contributed by atoms with Crippen molar-refractivity contribution in [1.29, 1.82) is 0 Å². The van der Waals surface area contributed by atoms with Crippen molar-refractivity contribution in [2.75, 3.05) is 12.8 Å². The van der Waals surface area contributed by atoms with E-state index in [0.29, 0.717) is 5.56 Å². The second-order valence-electron chi connectivity index (χ2n) is 4.63. The van der Waals surface area contributed by atoms with Gasteiger partial charge in [0.1, 0.15) is 5.82 Å². The molecule has 100 valence electrons. The van der Waals surface area contributed by atoms with Crippen molar-refractivity contribution >= 4 is 10.0 Å². The number of aliphatic hydroxyl groups excluding tert-OH is 1. The fraction of sp³-hybridized carbons (Fsp3) is 0.500. The summed E-state index contributed by atoms with van der Waals surface area (Å²) >= 11 is 0. The Morgan fingerprint density at radius 1 is 1.39 bits per heavy atom. The third kappa shape index (κ3) is 3.28. The first-order chi connectivity index (χ1) is 8.38. The van der Waals surface area contributed by atoms with Crippen LogP contribution >= 0.6 is 0 Å². The van der Waals surface area contributed by atoms with Crippen LogP contribution in [-0.2, 0) is 10.0 Å². The Hall–Kier alpha value is -0.980. The summed E-state index contributed by atoms with van der Waals surface area (Å²) in [6, 6.07) is 5.44. The minimum absolute atomic E-state index is 0.00935. The Morgan fingerprint density at radius 3 is 2.39 bits per heavy atom. The molecule has 1 aromatic rings. The molecule has 6 heteroatoms. The number of halogens is 1. The number of benzene rings is 1. The Kier molecular flexibility index (Phi) is 3.70. The molecule has 0 aliphatic heterocycles. The number of rotatable bonds is 5. The van der Waals surface area contributed by atoms with E-state index in [4.69, 9.17) is 0 Å². The molecule has 0 spiro atoms. The molecule has 0 amide bonds. The molecular formula is C12H16FNO3S. The molecule has 2 rings (SSSR count). The van der Waals surface area contributed by atoms with Crippen LogP contribution in [0, 0.1) is 5.82 Å². The van der Waals surface area contributed by atoms with Gasteiger partial charge in [0.25, 0.3) is 0 Å². The van der Waals surface area contributed by atoms with Crippen LogP contribution in [0.15, 0.2) is 24.3 Å². The SMILES string of the molecule is CS(=O)(=O)N(C[C@@H](O)c1ccc(F)cc1)C1CC1. The lowest BCUT2D eigenvalue weighted by Crippen LogP contribution is -2.35. The fourth-order valence-corrected chi connectivity index (χ4v) is 3.04. The molecule has 1 aliphatic carbocycles. The average molecular weight is 273 g/mol. The lowest BCUT2D eigenvalue weighted by molar-refractivity contribution is 0.145. The third-order valence-electron chi connectivity index (χ3n) is 2.99. The van der Waals surface area contributed by atoms with Gasteiger partial charge in [0.2, 0.25) is 10.0 Å². The van der Waals surface area contributed by atoms with Crippen molar-refractivity contribution in [3.8, 4) is 0 Å². The van der Waals surface area contributed by atoms with Gasteiger partial charge in [-0.15, -0.1) is 0 Å². The molecule has 1 saturated carbocycles. The van der Waals surface area contributed by atoms with E-state index in [-0.39, 0.29) is 18.4 Å². The zero-order valence-electron chi connectivity index (χ0n) is 10.1. The molecule has 1 aliphatic rings. The van der Waals surface area contributed by atoms with Gasteiger partial charge in [-0.2, -0.15) is 4.31 Å². The first-order valence-corrected chi connectivity index (χ1v) is 7.63. The molecule has 0 bridgehead atoms. The number of aliphatic hydroxyl groups is 1. The van der Waals surface area contributed by atoms with Crippen LogP contribution in [0.3, 0.4) is 0 Å². The molecule has 1 aromatic carbocycles. The van der Waals surface area contributed by atoms with Gasteiger partial charge in [-0.1, -0.05) is 12.1 Å². The standard InChI is InChI=1S/C12H16FNO3S/c1-18(16,17)14(11-6-7-11)8-12(15)9-2-4-10(13)5-3-9/h2-5,11-12,15H,6-8H2,1H3/t12-/m1/s1. The molecule has 1 N–H and O–H groups in total. The monoisotopic (exact) mass is 273 g/mol. The summed E-state index contributed by atoms with van der Waals surface area (Å²) in [7, 11) is -3.31. The highest BCUT2D eigenvalue weighted by atomic mass is 32.2. The fourth-order valence-electron chi connectivity index (χ4n) is 1.88. The first-order valence-electron chi connectivity index (χ1n) is 5.78. The van der Waals surface area contributed by atoms with Crippen LogP contribution in [0.1, 0.15) is 24.5 Å². The summed E-state index contributed by atoms with van der Waals surface area (Å²) in [5.74, 6) is -0.381. The van der Waals surface area contributed by atoms with Crippen LogP contribution < -0.4 is 0 Å². The van der Waals surface area contributed by atoms with Gasteiger partial charge in [-0.05, 0) is 30.5 Å². The lowest BCUT2D eigenvalue weighted by atomic mass is 10.1. The second kappa shape index (κ2) is 4.95. The Bertz CT molecular complexity index is 511. The highest BCUT2D eigenvalue weighted by Gasteiger charge is 2.36. The smallest absolute Gasteiger partial charge is 0.211 e. The highest BCUT2D eigenvalue weighted by molar-refractivity contribution is 7.88. The Labute approximate surface area is 106 Å². The largest absolute Gasteiger partial charge is 0.387 e. The molecule has 0 radical (unpaired) electrons. The van der Waals surface area contributed by atoms with E-state index in [1.165, 1.54) is 28.6 Å². The summed E-state index contributed by atoms with van der Waals surface area (Å²) < 4.78 is 37.2. The molecule has 4 nitrogen and oxygen atoms in total. The van der Waals surface area contributed by atoms with Gasteiger partial charge < -0.3 is 5.11 Å². The molecule has 0 saturated heterocycles. The van der Waals surface area contributed by atoms with Crippen molar-refractivity contribution in [3.05, 3.63) is 35.6 Å². The van der Waals surface area contributed by atoms with E-state index in [0.717, 1.165) is 19.1 Å². The minimum Gasteiger partial charge on any atom is -0.387 e. The quantitative estimate of drug-likeness (QED) is 0.879. The minimum atomic E-state index is -3.31. The molecule has 1 atom stereocenters. The lowest BCUT2D eigenvalue weighted by Gasteiger charge is -2.22. The van der Waals surface area contributed by atoms with E-state index in [1.54, 1.807) is 0 Å². The van der Waals surface area contributed by atoms with Crippen molar-refractivity contribution in [3.63, 3.8) is 0 Å². The molecular weight excluding hydrogens is 257 g/mol. The van der Waals surface area contributed by atoms with Gasteiger partial charge in [0, 0.05) is 12.6 Å². The van der Waals surface area contributed by atoms with E-state index in [9.17, 15) is 17.9 Å². The number of hydrogen-bond donors (Lipinski definition) is 1. The number of nitrogens with zero attached hydrogens (tertiary/aromatic N) is 1. The molecule has 0 aromatic heterocycles. The normalized spacial score (nSPS) is 18.0. The van der Waals surface area contributed by atoms with Crippen molar-refractivity contribution < 1.29 is 17.9 Å². The zero-order chi connectivity index (χ0) is 13.3. The number of hydrogen-bond acceptors (Lipinski definition) is 3. The highest BCUT2D eigenvalue weighted by Crippen LogP contribution is 2.30. The third-order valence-corrected chi connectivity index (χ3v) is 4.29. The van der Waals surface area contributed by atoms with E-state index < -0.39 is 16.1 Å². The van der Waals surface area contributed by atoms with Gasteiger partial charge in [0.05, 0.1) is 12.4 Å². The summed E-state index contributed by atoms with van der Waals surface area (Å²) in [5, 5.41) is 9.99. The topological polar surface area (TPSA) is 57.6 Å². The van der Waals surface area contributed by atoms with Gasteiger partial charge in [-0.3, -0.25) is 0 Å².